The van der Waals surface area contributed by atoms with E-state index in [-0.39, 0.29) is 5.69 Å². The number of nitro groups is 1. The van der Waals surface area contributed by atoms with Gasteiger partial charge in [0.25, 0.3) is 5.69 Å². The molecule has 4 nitrogen and oxygen atoms in total. The summed E-state index contributed by atoms with van der Waals surface area (Å²) >= 11 is 0. The van der Waals surface area contributed by atoms with E-state index < -0.39 is 4.92 Å². The maximum Gasteiger partial charge on any atom is 0.269 e. The molecule has 0 fully saturated rings. The molecule has 0 N–H and O–H groups in total. The van der Waals surface area contributed by atoms with Gasteiger partial charge >= 0.3 is 0 Å². The van der Waals surface area contributed by atoms with Crippen molar-refractivity contribution in [2.75, 3.05) is 0 Å². The molecule has 4 heteroatoms. The van der Waals surface area contributed by atoms with Crippen molar-refractivity contribution in [3.63, 3.8) is 0 Å². The lowest BCUT2D eigenvalue weighted by atomic mass is 10.1. The predicted octanol–water partition coefficient (Wildman–Crippen LogP) is 4.42. The van der Waals surface area contributed by atoms with Crippen molar-refractivity contribution < 1.29 is 9.66 Å². The van der Waals surface area contributed by atoms with Crippen LogP contribution in [-0.2, 0) is 0 Å². The Morgan fingerprint density at radius 1 is 1.05 bits per heavy atom. The Morgan fingerprint density at radius 2 is 1.53 bits per heavy atom. The Labute approximate surface area is 111 Å². The van der Waals surface area contributed by atoms with Gasteiger partial charge in [0.2, 0.25) is 0 Å². The Kier molecular flexibility index (Phi) is 3.61. The molecule has 0 heterocycles. The molecule has 0 aliphatic heterocycles. The zero-order valence-electron chi connectivity index (χ0n) is 10.5. The molecule has 2 aromatic rings. The number of hydrogen-bond donors (Lipinski definition) is 0. The van der Waals surface area contributed by atoms with Gasteiger partial charge in [0.05, 0.1) is 4.92 Å². The van der Waals surface area contributed by atoms with Crippen molar-refractivity contribution in [1.82, 2.24) is 0 Å². The van der Waals surface area contributed by atoms with Gasteiger partial charge in [0.15, 0.2) is 0 Å². The molecule has 0 amide bonds. The van der Waals surface area contributed by atoms with Gasteiger partial charge in [-0.3, -0.25) is 10.1 Å². The van der Waals surface area contributed by atoms with Gasteiger partial charge in [-0.25, -0.2) is 0 Å². The standard InChI is InChI=1S/C15H13NO3/c1-11(2)12-3-7-14(8-4-12)19-15-9-5-13(6-10-15)16(17)18/h3-10H,1H2,2H3. The highest BCUT2D eigenvalue weighted by atomic mass is 16.6. The number of non-ortho nitro benzene ring substituents is 1. The highest BCUT2D eigenvalue weighted by Gasteiger charge is 2.05. The molecule has 0 bridgehead atoms. The summed E-state index contributed by atoms with van der Waals surface area (Å²) in [5, 5.41) is 10.5. The van der Waals surface area contributed by atoms with E-state index in [9.17, 15) is 10.1 Å². The fourth-order valence-corrected chi connectivity index (χ4v) is 1.58. The summed E-state index contributed by atoms with van der Waals surface area (Å²) in [6.07, 6.45) is 0. The largest absolute Gasteiger partial charge is 0.457 e. The summed E-state index contributed by atoms with van der Waals surface area (Å²) in [5.74, 6) is 1.24. The van der Waals surface area contributed by atoms with Crippen molar-refractivity contribution in [3.05, 3.63) is 70.8 Å². The van der Waals surface area contributed by atoms with Crippen LogP contribution in [0.1, 0.15) is 12.5 Å². The van der Waals surface area contributed by atoms with Gasteiger partial charge in [-0.1, -0.05) is 24.3 Å². The molecule has 2 aromatic carbocycles. The molecular weight excluding hydrogens is 242 g/mol. The number of benzene rings is 2. The van der Waals surface area contributed by atoms with Gasteiger partial charge in [0.1, 0.15) is 11.5 Å². The zero-order valence-corrected chi connectivity index (χ0v) is 10.5. The summed E-state index contributed by atoms with van der Waals surface area (Å²) in [6.45, 7) is 5.80. The van der Waals surface area contributed by atoms with Crippen LogP contribution in [0.25, 0.3) is 5.57 Å². The number of nitro benzene ring substituents is 1. The highest BCUT2D eigenvalue weighted by molar-refractivity contribution is 5.61. The molecule has 2 rings (SSSR count). The van der Waals surface area contributed by atoms with Gasteiger partial charge in [-0.15, -0.1) is 0 Å². The molecule has 0 aliphatic carbocycles. The van der Waals surface area contributed by atoms with Gasteiger partial charge in [-0.05, 0) is 36.8 Å². The van der Waals surface area contributed by atoms with Crippen molar-refractivity contribution >= 4 is 11.3 Å². The molecular formula is C15H13NO3. The molecule has 0 atom stereocenters. The molecule has 0 aliphatic rings. The normalized spacial score (nSPS) is 9.95. The summed E-state index contributed by atoms with van der Waals surface area (Å²) in [7, 11) is 0. The van der Waals surface area contributed by atoms with Crippen LogP contribution in [0.5, 0.6) is 11.5 Å². The second-order valence-electron chi connectivity index (χ2n) is 4.16. The van der Waals surface area contributed by atoms with E-state index in [1.807, 2.05) is 31.2 Å². The average Bonchev–Trinajstić information content (AvgIpc) is 2.40. The zero-order chi connectivity index (χ0) is 13.8. The van der Waals surface area contributed by atoms with E-state index in [2.05, 4.69) is 6.58 Å². The number of nitrogens with zero attached hydrogens (tertiary/aromatic N) is 1. The number of allylic oxidation sites excluding steroid dienone is 1. The van der Waals surface area contributed by atoms with Gasteiger partial charge < -0.3 is 4.74 Å². The maximum absolute atomic E-state index is 10.5. The molecule has 0 saturated heterocycles. The lowest BCUT2D eigenvalue weighted by Gasteiger charge is -2.06. The third kappa shape index (κ3) is 3.19. The Hall–Kier alpha value is -2.62. The van der Waals surface area contributed by atoms with Crippen molar-refractivity contribution in [3.8, 4) is 11.5 Å². The minimum atomic E-state index is -0.439. The van der Waals surface area contributed by atoms with Crippen molar-refractivity contribution in [1.29, 1.82) is 0 Å². The van der Waals surface area contributed by atoms with Crippen LogP contribution in [0.3, 0.4) is 0 Å². The van der Waals surface area contributed by atoms with Gasteiger partial charge in [-0.2, -0.15) is 0 Å². The van der Waals surface area contributed by atoms with Crippen LogP contribution in [0.4, 0.5) is 5.69 Å². The first-order valence-corrected chi connectivity index (χ1v) is 5.74. The van der Waals surface area contributed by atoms with E-state index in [4.69, 9.17) is 4.74 Å². The Bertz CT molecular complexity index is 545. The third-order valence-electron chi connectivity index (χ3n) is 2.63. The number of hydrogen-bond acceptors (Lipinski definition) is 3. The van der Waals surface area contributed by atoms with Crippen LogP contribution >= 0.6 is 0 Å². The summed E-state index contributed by atoms with van der Waals surface area (Å²) in [6, 6.07) is 13.5. The van der Waals surface area contributed by atoms with E-state index in [0.717, 1.165) is 11.1 Å². The van der Waals surface area contributed by atoms with Crippen LogP contribution < -0.4 is 4.74 Å². The Morgan fingerprint density at radius 3 is 1.95 bits per heavy atom. The Balaban J connectivity index is 2.12. The average molecular weight is 255 g/mol. The lowest BCUT2D eigenvalue weighted by Crippen LogP contribution is -1.88. The maximum atomic E-state index is 10.5. The first-order valence-electron chi connectivity index (χ1n) is 5.74. The molecule has 96 valence electrons. The smallest absolute Gasteiger partial charge is 0.269 e. The van der Waals surface area contributed by atoms with Crippen LogP contribution in [0, 0.1) is 10.1 Å². The molecule has 0 saturated carbocycles. The first kappa shape index (κ1) is 12.8. The van der Waals surface area contributed by atoms with Crippen molar-refractivity contribution in [2.45, 2.75) is 6.92 Å². The summed E-state index contributed by atoms with van der Waals surface area (Å²) in [5.41, 5.74) is 2.09. The van der Waals surface area contributed by atoms with Crippen LogP contribution in [-0.4, -0.2) is 4.92 Å². The topological polar surface area (TPSA) is 52.4 Å². The molecule has 0 radical (unpaired) electrons. The SMILES string of the molecule is C=C(C)c1ccc(Oc2ccc([N+](=O)[O-])cc2)cc1. The number of rotatable bonds is 4. The fourth-order valence-electron chi connectivity index (χ4n) is 1.58. The monoisotopic (exact) mass is 255 g/mol. The second-order valence-corrected chi connectivity index (χ2v) is 4.16. The van der Waals surface area contributed by atoms with E-state index in [1.54, 1.807) is 12.1 Å². The van der Waals surface area contributed by atoms with E-state index >= 15 is 0 Å². The predicted molar refractivity (Wildman–Crippen MR) is 74.3 cm³/mol. The minimum Gasteiger partial charge on any atom is -0.457 e. The second kappa shape index (κ2) is 5.35. The van der Waals surface area contributed by atoms with Crippen LogP contribution in [0.15, 0.2) is 55.1 Å². The van der Waals surface area contributed by atoms with Crippen LogP contribution in [0.2, 0.25) is 0 Å². The van der Waals surface area contributed by atoms with Crippen molar-refractivity contribution in [2.24, 2.45) is 0 Å². The molecule has 0 unspecified atom stereocenters. The lowest BCUT2D eigenvalue weighted by molar-refractivity contribution is -0.384. The summed E-state index contributed by atoms with van der Waals surface area (Å²) < 4.78 is 5.60. The third-order valence-corrected chi connectivity index (χ3v) is 2.63. The van der Waals surface area contributed by atoms with Gasteiger partial charge in [0, 0.05) is 12.1 Å². The molecule has 19 heavy (non-hydrogen) atoms. The summed E-state index contributed by atoms with van der Waals surface area (Å²) in [4.78, 5) is 10.1. The van der Waals surface area contributed by atoms with E-state index in [0.29, 0.717) is 11.5 Å². The minimum absolute atomic E-state index is 0.0463. The quantitative estimate of drug-likeness (QED) is 0.600. The molecule has 0 aromatic heterocycles. The first-order chi connectivity index (χ1) is 9.06. The highest BCUT2D eigenvalue weighted by Crippen LogP contribution is 2.25. The van der Waals surface area contributed by atoms with E-state index in [1.165, 1.54) is 12.1 Å². The molecule has 0 spiro atoms. The fraction of sp³-hybridized carbons (Fsp3) is 0.0667. The number of ether oxygens (including phenoxy) is 1.